The molecular weight excluding hydrogens is 306 g/mol. The summed E-state index contributed by atoms with van der Waals surface area (Å²) in [6.07, 6.45) is 0. The first kappa shape index (κ1) is 14.3. The predicted molar refractivity (Wildman–Crippen MR) is 80.1 cm³/mol. The molecule has 0 spiro atoms. The Morgan fingerprint density at radius 1 is 1.53 bits per heavy atom. The standard InChI is InChI=1S/C14H20BrN3O/c1-14(2,9-16-3)18-8-12(17-13(18)19)10-5-4-6-11(15)7-10/h4-7,12,16H,8-9H2,1-3H3,(H,17,19). The molecule has 1 aromatic rings. The van der Waals surface area contributed by atoms with Gasteiger partial charge in [0.25, 0.3) is 0 Å². The van der Waals surface area contributed by atoms with E-state index in [1.165, 1.54) is 0 Å². The average molecular weight is 326 g/mol. The van der Waals surface area contributed by atoms with Crippen LogP contribution in [0.4, 0.5) is 4.79 Å². The van der Waals surface area contributed by atoms with Gasteiger partial charge in [-0.05, 0) is 38.6 Å². The number of carbonyl (C=O) groups is 1. The van der Waals surface area contributed by atoms with Crippen molar-refractivity contribution < 1.29 is 4.79 Å². The van der Waals surface area contributed by atoms with E-state index in [0.717, 1.165) is 16.6 Å². The Morgan fingerprint density at radius 2 is 2.26 bits per heavy atom. The second-order valence-electron chi connectivity index (χ2n) is 5.51. The number of nitrogens with zero attached hydrogens (tertiary/aromatic N) is 1. The van der Waals surface area contributed by atoms with Crippen molar-refractivity contribution in [2.24, 2.45) is 0 Å². The van der Waals surface area contributed by atoms with Gasteiger partial charge in [0.1, 0.15) is 0 Å². The van der Waals surface area contributed by atoms with E-state index in [0.29, 0.717) is 6.54 Å². The molecular formula is C14H20BrN3O. The van der Waals surface area contributed by atoms with Crippen molar-refractivity contribution in [2.45, 2.75) is 25.4 Å². The van der Waals surface area contributed by atoms with Crippen LogP contribution >= 0.6 is 15.9 Å². The van der Waals surface area contributed by atoms with E-state index in [1.807, 2.05) is 30.1 Å². The van der Waals surface area contributed by atoms with Crippen molar-refractivity contribution in [3.8, 4) is 0 Å². The van der Waals surface area contributed by atoms with Gasteiger partial charge in [-0.1, -0.05) is 28.1 Å². The molecule has 1 fully saturated rings. The van der Waals surface area contributed by atoms with E-state index < -0.39 is 0 Å². The SMILES string of the molecule is CNCC(C)(C)N1CC(c2cccc(Br)c2)NC1=O. The van der Waals surface area contributed by atoms with E-state index in [2.05, 4.69) is 46.5 Å². The molecule has 2 amide bonds. The minimum Gasteiger partial charge on any atom is -0.329 e. The normalized spacial score (nSPS) is 19.7. The lowest BCUT2D eigenvalue weighted by molar-refractivity contribution is 0.158. The summed E-state index contributed by atoms with van der Waals surface area (Å²) < 4.78 is 1.03. The molecule has 0 saturated carbocycles. The Labute approximate surface area is 122 Å². The van der Waals surface area contributed by atoms with Crippen LogP contribution in [-0.2, 0) is 0 Å². The number of hydrogen-bond donors (Lipinski definition) is 2. The minimum atomic E-state index is -0.195. The second-order valence-corrected chi connectivity index (χ2v) is 6.43. The fourth-order valence-corrected chi connectivity index (χ4v) is 2.92. The molecule has 0 radical (unpaired) electrons. The Kier molecular flexibility index (Phi) is 4.16. The molecule has 0 aliphatic carbocycles. The quantitative estimate of drug-likeness (QED) is 0.893. The maximum Gasteiger partial charge on any atom is 0.318 e. The highest BCUT2D eigenvalue weighted by Crippen LogP contribution is 2.27. The van der Waals surface area contributed by atoms with Crippen molar-refractivity contribution in [3.63, 3.8) is 0 Å². The molecule has 2 rings (SSSR count). The molecule has 1 aliphatic rings. The van der Waals surface area contributed by atoms with Crippen LogP contribution in [-0.4, -0.2) is 36.6 Å². The molecule has 104 valence electrons. The van der Waals surface area contributed by atoms with Crippen LogP contribution in [0.1, 0.15) is 25.5 Å². The Hall–Kier alpha value is -1.07. The smallest absolute Gasteiger partial charge is 0.318 e. The number of carbonyl (C=O) groups excluding carboxylic acids is 1. The lowest BCUT2D eigenvalue weighted by Crippen LogP contribution is -2.51. The Bertz CT molecular complexity index is 476. The summed E-state index contributed by atoms with van der Waals surface area (Å²) in [6, 6.07) is 8.14. The fourth-order valence-electron chi connectivity index (χ4n) is 2.50. The van der Waals surface area contributed by atoms with Gasteiger partial charge in [-0.25, -0.2) is 4.79 Å². The van der Waals surface area contributed by atoms with Crippen molar-refractivity contribution in [1.29, 1.82) is 0 Å². The number of benzene rings is 1. The van der Waals surface area contributed by atoms with Gasteiger partial charge in [-0.2, -0.15) is 0 Å². The van der Waals surface area contributed by atoms with Gasteiger partial charge in [-0.3, -0.25) is 0 Å². The lowest BCUT2D eigenvalue weighted by Gasteiger charge is -2.34. The molecule has 1 atom stereocenters. The fraction of sp³-hybridized carbons (Fsp3) is 0.500. The third-order valence-electron chi connectivity index (χ3n) is 3.50. The summed E-state index contributed by atoms with van der Waals surface area (Å²) in [6.45, 7) is 5.62. The molecule has 5 heteroatoms. The molecule has 4 nitrogen and oxygen atoms in total. The van der Waals surface area contributed by atoms with Crippen LogP contribution in [0.5, 0.6) is 0 Å². The number of nitrogens with one attached hydrogen (secondary N) is 2. The van der Waals surface area contributed by atoms with E-state index in [4.69, 9.17) is 0 Å². The largest absolute Gasteiger partial charge is 0.329 e. The molecule has 1 aliphatic heterocycles. The summed E-state index contributed by atoms with van der Waals surface area (Å²) in [4.78, 5) is 14.0. The summed E-state index contributed by atoms with van der Waals surface area (Å²) >= 11 is 3.47. The number of urea groups is 1. The molecule has 1 heterocycles. The van der Waals surface area contributed by atoms with E-state index in [9.17, 15) is 4.79 Å². The van der Waals surface area contributed by atoms with Gasteiger partial charge in [0.2, 0.25) is 0 Å². The molecule has 1 saturated heterocycles. The Morgan fingerprint density at radius 3 is 2.89 bits per heavy atom. The molecule has 19 heavy (non-hydrogen) atoms. The van der Waals surface area contributed by atoms with Gasteiger partial charge in [-0.15, -0.1) is 0 Å². The summed E-state index contributed by atoms with van der Waals surface area (Å²) in [7, 11) is 1.90. The molecule has 2 N–H and O–H groups in total. The first-order chi connectivity index (χ1) is 8.94. The van der Waals surface area contributed by atoms with Crippen LogP contribution in [0, 0.1) is 0 Å². The Balaban J connectivity index is 2.15. The third kappa shape index (κ3) is 3.09. The third-order valence-corrected chi connectivity index (χ3v) is 3.99. The summed E-state index contributed by atoms with van der Waals surface area (Å²) in [5.41, 5.74) is 0.935. The van der Waals surface area contributed by atoms with E-state index in [1.54, 1.807) is 0 Å². The number of likely N-dealkylation sites (N-methyl/N-ethyl adjacent to an activating group) is 1. The first-order valence-electron chi connectivity index (χ1n) is 6.42. The molecule has 1 aromatic carbocycles. The summed E-state index contributed by atoms with van der Waals surface area (Å²) in [5, 5.41) is 6.19. The topological polar surface area (TPSA) is 44.4 Å². The molecule has 0 bridgehead atoms. The maximum atomic E-state index is 12.1. The highest BCUT2D eigenvalue weighted by Gasteiger charge is 2.38. The van der Waals surface area contributed by atoms with Gasteiger partial charge < -0.3 is 15.5 Å². The number of amides is 2. The van der Waals surface area contributed by atoms with E-state index in [-0.39, 0.29) is 17.6 Å². The van der Waals surface area contributed by atoms with Gasteiger partial charge >= 0.3 is 6.03 Å². The monoisotopic (exact) mass is 325 g/mol. The zero-order valence-corrected chi connectivity index (χ0v) is 13.1. The maximum absolute atomic E-state index is 12.1. The van der Waals surface area contributed by atoms with Gasteiger partial charge in [0.05, 0.1) is 11.6 Å². The summed E-state index contributed by atoms with van der Waals surface area (Å²) in [5.74, 6) is 0. The van der Waals surface area contributed by atoms with Crippen LogP contribution in [0.25, 0.3) is 0 Å². The highest BCUT2D eigenvalue weighted by atomic mass is 79.9. The van der Waals surface area contributed by atoms with Crippen LogP contribution in [0.2, 0.25) is 0 Å². The van der Waals surface area contributed by atoms with Gasteiger partial charge in [0.15, 0.2) is 0 Å². The van der Waals surface area contributed by atoms with Crippen LogP contribution in [0.15, 0.2) is 28.7 Å². The number of rotatable bonds is 4. The predicted octanol–water partition coefficient (Wildman–Crippen LogP) is 2.51. The van der Waals surface area contributed by atoms with Crippen LogP contribution in [0.3, 0.4) is 0 Å². The minimum absolute atomic E-state index is 0.00484. The first-order valence-corrected chi connectivity index (χ1v) is 7.21. The number of halogens is 1. The second kappa shape index (κ2) is 5.51. The zero-order chi connectivity index (χ0) is 14.0. The average Bonchev–Trinajstić information content (AvgIpc) is 2.72. The van der Waals surface area contributed by atoms with Crippen molar-refractivity contribution in [3.05, 3.63) is 34.3 Å². The number of hydrogen-bond acceptors (Lipinski definition) is 2. The molecule has 0 aromatic heterocycles. The lowest BCUT2D eigenvalue weighted by atomic mass is 10.0. The van der Waals surface area contributed by atoms with Crippen molar-refractivity contribution in [2.75, 3.05) is 20.1 Å². The van der Waals surface area contributed by atoms with E-state index >= 15 is 0 Å². The molecule has 1 unspecified atom stereocenters. The van der Waals surface area contributed by atoms with Crippen molar-refractivity contribution in [1.82, 2.24) is 15.5 Å². The van der Waals surface area contributed by atoms with Crippen LogP contribution < -0.4 is 10.6 Å². The zero-order valence-electron chi connectivity index (χ0n) is 11.5. The van der Waals surface area contributed by atoms with Gasteiger partial charge in [0, 0.05) is 17.6 Å². The highest BCUT2D eigenvalue weighted by molar-refractivity contribution is 9.10. The van der Waals surface area contributed by atoms with Crippen molar-refractivity contribution >= 4 is 22.0 Å².